The lowest BCUT2D eigenvalue weighted by Crippen LogP contribution is -2.43. The van der Waals surface area contributed by atoms with Gasteiger partial charge in [-0.25, -0.2) is 4.79 Å². The number of aromatic hydroxyl groups is 1. The Hall–Kier alpha value is -2.57. The lowest BCUT2D eigenvalue weighted by Gasteiger charge is -2.13. The number of benzene rings is 1. The van der Waals surface area contributed by atoms with Crippen LogP contribution in [0.25, 0.3) is 0 Å². The van der Waals surface area contributed by atoms with Crippen LogP contribution in [0.5, 0.6) is 5.75 Å². The van der Waals surface area contributed by atoms with Crippen LogP contribution in [0.15, 0.2) is 18.2 Å². The third-order valence-corrected chi connectivity index (χ3v) is 2.41. The van der Waals surface area contributed by atoms with E-state index in [1.165, 1.54) is 12.1 Å². The van der Waals surface area contributed by atoms with E-state index in [9.17, 15) is 19.5 Å². The van der Waals surface area contributed by atoms with E-state index in [4.69, 9.17) is 10.8 Å². The van der Waals surface area contributed by atoms with Gasteiger partial charge in [-0.3, -0.25) is 9.59 Å². The third-order valence-electron chi connectivity index (χ3n) is 2.41. The van der Waals surface area contributed by atoms with Gasteiger partial charge in [0.25, 0.3) is 5.91 Å². The standard InChI is InChI=1S/C12H14N2O5/c1-6-2-3-7(9(15)4-6)11(17)14-8(12(18)19)5-10(13)16/h2-4,8,15H,5H2,1H3,(H2,13,16)(H,14,17)(H,18,19)/t8-/m1/s1. The Morgan fingerprint density at radius 1 is 1.37 bits per heavy atom. The quantitative estimate of drug-likeness (QED) is 0.584. The topological polar surface area (TPSA) is 130 Å². The van der Waals surface area contributed by atoms with Crippen LogP contribution in [0.1, 0.15) is 22.3 Å². The van der Waals surface area contributed by atoms with Crippen LogP contribution in [0.3, 0.4) is 0 Å². The molecule has 0 fully saturated rings. The Labute approximate surface area is 109 Å². The molecule has 0 radical (unpaired) electrons. The van der Waals surface area contributed by atoms with Crippen LogP contribution in [-0.4, -0.2) is 34.0 Å². The highest BCUT2D eigenvalue weighted by atomic mass is 16.4. The van der Waals surface area contributed by atoms with Crippen molar-refractivity contribution in [3.8, 4) is 5.75 Å². The van der Waals surface area contributed by atoms with E-state index in [1.807, 2.05) is 0 Å². The molecule has 7 nitrogen and oxygen atoms in total. The van der Waals surface area contributed by atoms with Gasteiger partial charge < -0.3 is 21.3 Å². The first-order valence-corrected chi connectivity index (χ1v) is 5.43. The summed E-state index contributed by atoms with van der Waals surface area (Å²) in [6.45, 7) is 1.73. The fraction of sp³-hybridized carbons (Fsp3) is 0.250. The summed E-state index contributed by atoms with van der Waals surface area (Å²) in [5.41, 5.74) is 5.58. The average molecular weight is 266 g/mol. The monoisotopic (exact) mass is 266 g/mol. The number of nitrogens with two attached hydrogens (primary N) is 1. The highest BCUT2D eigenvalue weighted by Gasteiger charge is 2.23. The zero-order chi connectivity index (χ0) is 14.6. The molecule has 0 spiro atoms. The zero-order valence-corrected chi connectivity index (χ0v) is 10.2. The maximum atomic E-state index is 11.8. The van der Waals surface area contributed by atoms with E-state index in [1.54, 1.807) is 13.0 Å². The smallest absolute Gasteiger partial charge is 0.326 e. The Morgan fingerprint density at radius 3 is 2.47 bits per heavy atom. The Bertz CT molecular complexity index is 527. The van der Waals surface area contributed by atoms with Crippen molar-refractivity contribution >= 4 is 17.8 Å². The predicted octanol–water partition coefficient (Wildman–Crippen LogP) is -0.241. The second-order valence-corrected chi connectivity index (χ2v) is 4.06. The van der Waals surface area contributed by atoms with Gasteiger partial charge in [-0.1, -0.05) is 6.07 Å². The molecule has 0 aliphatic carbocycles. The SMILES string of the molecule is Cc1ccc(C(=O)N[C@H](CC(N)=O)C(=O)O)c(O)c1. The van der Waals surface area contributed by atoms with Gasteiger partial charge in [-0.2, -0.15) is 0 Å². The van der Waals surface area contributed by atoms with Crippen molar-refractivity contribution in [3.05, 3.63) is 29.3 Å². The summed E-state index contributed by atoms with van der Waals surface area (Å²) in [7, 11) is 0. The highest BCUT2D eigenvalue weighted by Crippen LogP contribution is 2.18. The summed E-state index contributed by atoms with van der Waals surface area (Å²) in [6, 6.07) is 2.91. The number of phenols is 1. The number of rotatable bonds is 5. The first kappa shape index (κ1) is 14.5. The summed E-state index contributed by atoms with van der Waals surface area (Å²) >= 11 is 0. The number of carboxylic acids is 1. The fourth-order valence-corrected chi connectivity index (χ4v) is 1.47. The summed E-state index contributed by atoms with van der Waals surface area (Å²) < 4.78 is 0. The molecule has 1 atom stereocenters. The van der Waals surface area contributed by atoms with E-state index < -0.39 is 30.2 Å². The molecule has 19 heavy (non-hydrogen) atoms. The van der Waals surface area contributed by atoms with Crippen molar-refractivity contribution in [2.24, 2.45) is 5.73 Å². The van der Waals surface area contributed by atoms with Gasteiger partial charge in [-0.05, 0) is 24.6 Å². The lowest BCUT2D eigenvalue weighted by molar-refractivity contribution is -0.140. The Kier molecular flexibility index (Phi) is 4.46. The van der Waals surface area contributed by atoms with Crippen molar-refractivity contribution in [1.82, 2.24) is 5.32 Å². The van der Waals surface area contributed by atoms with Crippen LogP contribution in [0, 0.1) is 6.92 Å². The van der Waals surface area contributed by atoms with Crippen LogP contribution >= 0.6 is 0 Å². The van der Waals surface area contributed by atoms with Gasteiger partial charge in [0, 0.05) is 0 Å². The fourth-order valence-electron chi connectivity index (χ4n) is 1.47. The number of aliphatic carboxylic acids is 1. The average Bonchev–Trinajstić information content (AvgIpc) is 2.26. The summed E-state index contributed by atoms with van der Waals surface area (Å²) in [4.78, 5) is 33.3. The molecule has 1 aromatic rings. The lowest BCUT2D eigenvalue weighted by atomic mass is 10.1. The van der Waals surface area contributed by atoms with Crippen LogP contribution in [0.4, 0.5) is 0 Å². The van der Waals surface area contributed by atoms with Crippen LogP contribution < -0.4 is 11.1 Å². The van der Waals surface area contributed by atoms with Crippen molar-refractivity contribution in [2.45, 2.75) is 19.4 Å². The molecule has 0 aromatic heterocycles. The maximum absolute atomic E-state index is 11.8. The van der Waals surface area contributed by atoms with Gasteiger partial charge in [0.15, 0.2) is 0 Å². The maximum Gasteiger partial charge on any atom is 0.326 e. The summed E-state index contributed by atoms with van der Waals surface area (Å²) in [6.07, 6.45) is -0.520. The number of hydrogen-bond donors (Lipinski definition) is 4. The van der Waals surface area contributed by atoms with Crippen LogP contribution in [0.2, 0.25) is 0 Å². The first-order chi connectivity index (χ1) is 8.81. The largest absolute Gasteiger partial charge is 0.507 e. The normalized spacial score (nSPS) is 11.6. The molecule has 1 aromatic carbocycles. The minimum absolute atomic E-state index is 0.0682. The second kappa shape index (κ2) is 5.85. The molecular weight excluding hydrogens is 252 g/mol. The molecule has 1 rings (SSSR count). The van der Waals surface area contributed by atoms with Gasteiger partial charge >= 0.3 is 5.97 Å². The number of carbonyl (C=O) groups excluding carboxylic acids is 2. The number of primary amides is 1. The molecule has 102 valence electrons. The van der Waals surface area contributed by atoms with E-state index >= 15 is 0 Å². The molecule has 5 N–H and O–H groups in total. The molecule has 0 bridgehead atoms. The zero-order valence-electron chi connectivity index (χ0n) is 10.2. The number of amides is 2. The summed E-state index contributed by atoms with van der Waals surface area (Å²) in [5.74, 6) is -3.27. The molecule has 0 unspecified atom stereocenters. The number of carboxylic acid groups (broad SMARTS) is 1. The van der Waals surface area contributed by atoms with Crippen LogP contribution in [-0.2, 0) is 9.59 Å². The molecule has 7 heteroatoms. The van der Waals surface area contributed by atoms with Crippen molar-refractivity contribution < 1.29 is 24.6 Å². The molecule has 0 heterocycles. The molecule has 2 amide bonds. The van der Waals surface area contributed by atoms with Crippen molar-refractivity contribution in [1.29, 1.82) is 0 Å². The van der Waals surface area contributed by atoms with Gasteiger partial charge in [0.2, 0.25) is 5.91 Å². The predicted molar refractivity (Wildman–Crippen MR) is 65.5 cm³/mol. The van der Waals surface area contributed by atoms with E-state index in [-0.39, 0.29) is 11.3 Å². The minimum Gasteiger partial charge on any atom is -0.507 e. The molecular formula is C12H14N2O5. The van der Waals surface area contributed by atoms with E-state index in [0.717, 1.165) is 5.56 Å². The number of nitrogens with one attached hydrogen (secondary N) is 1. The van der Waals surface area contributed by atoms with Crippen molar-refractivity contribution in [2.75, 3.05) is 0 Å². The highest BCUT2D eigenvalue weighted by molar-refractivity contribution is 5.99. The Morgan fingerprint density at radius 2 is 2.00 bits per heavy atom. The van der Waals surface area contributed by atoms with Gasteiger partial charge in [0.05, 0.1) is 12.0 Å². The number of carbonyl (C=O) groups is 3. The van der Waals surface area contributed by atoms with Crippen molar-refractivity contribution in [3.63, 3.8) is 0 Å². The number of hydrogen-bond acceptors (Lipinski definition) is 4. The minimum atomic E-state index is -1.43. The first-order valence-electron chi connectivity index (χ1n) is 5.43. The molecule has 0 saturated carbocycles. The third kappa shape index (κ3) is 3.98. The molecule has 0 aliphatic rings. The number of phenolic OH excluding ortho intramolecular Hbond substituents is 1. The molecule has 0 aliphatic heterocycles. The molecule has 0 saturated heterocycles. The van der Waals surface area contributed by atoms with Gasteiger partial charge in [0.1, 0.15) is 11.8 Å². The number of aryl methyl sites for hydroxylation is 1. The summed E-state index contributed by atoms with van der Waals surface area (Å²) in [5, 5.41) is 20.6. The van der Waals surface area contributed by atoms with E-state index in [2.05, 4.69) is 5.32 Å². The Balaban J connectivity index is 2.87. The second-order valence-electron chi connectivity index (χ2n) is 4.06. The van der Waals surface area contributed by atoms with Gasteiger partial charge in [-0.15, -0.1) is 0 Å². The van der Waals surface area contributed by atoms with E-state index in [0.29, 0.717) is 0 Å².